The molecule has 1 fully saturated rings. The molecule has 1 heterocycles. The molecule has 0 radical (unpaired) electrons. The van der Waals surface area contributed by atoms with Gasteiger partial charge in [0.05, 0.1) is 12.2 Å². The van der Waals surface area contributed by atoms with E-state index in [1.807, 2.05) is 0 Å². The van der Waals surface area contributed by atoms with Gasteiger partial charge in [-0.05, 0) is 20.3 Å². The van der Waals surface area contributed by atoms with E-state index in [-0.39, 0.29) is 0 Å². The SMILES string of the molecule is CC(C)NC1CC(C)OC1C. The van der Waals surface area contributed by atoms with Crippen molar-refractivity contribution in [2.24, 2.45) is 0 Å². The topological polar surface area (TPSA) is 21.3 Å². The zero-order valence-electron chi connectivity index (χ0n) is 7.92. The smallest absolute Gasteiger partial charge is 0.0704 e. The standard InChI is InChI=1S/C9H19NO/c1-6(2)10-9-5-7(3)11-8(9)4/h6-10H,5H2,1-4H3. The second-order valence-electron chi connectivity index (χ2n) is 3.82. The molecule has 1 N–H and O–H groups in total. The van der Waals surface area contributed by atoms with E-state index in [4.69, 9.17) is 4.74 Å². The van der Waals surface area contributed by atoms with E-state index in [0.717, 1.165) is 6.42 Å². The molecule has 3 atom stereocenters. The summed E-state index contributed by atoms with van der Waals surface area (Å²) in [6.45, 7) is 8.63. The van der Waals surface area contributed by atoms with Crippen molar-refractivity contribution < 1.29 is 4.74 Å². The fourth-order valence-electron chi connectivity index (χ4n) is 1.70. The second kappa shape index (κ2) is 3.55. The highest BCUT2D eigenvalue weighted by Gasteiger charge is 2.29. The average Bonchev–Trinajstić information content (AvgIpc) is 2.09. The van der Waals surface area contributed by atoms with Gasteiger partial charge < -0.3 is 10.1 Å². The summed E-state index contributed by atoms with van der Waals surface area (Å²) in [5.41, 5.74) is 0. The molecule has 66 valence electrons. The van der Waals surface area contributed by atoms with Gasteiger partial charge in [-0.1, -0.05) is 13.8 Å². The molecule has 1 saturated heterocycles. The second-order valence-corrected chi connectivity index (χ2v) is 3.82. The third-order valence-corrected chi connectivity index (χ3v) is 2.15. The number of rotatable bonds is 2. The Morgan fingerprint density at radius 2 is 2.00 bits per heavy atom. The van der Waals surface area contributed by atoms with Gasteiger partial charge in [0.15, 0.2) is 0 Å². The molecule has 2 nitrogen and oxygen atoms in total. The molecule has 1 rings (SSSR count). The summed E-state index contributed by atoms with van der Waals surface area (Å²) < 4.78 is 5.61. The van der Waals surface area contributed by atoms with Crippen LogP contribution in [0.3, 0.4) is 0 Å². The minimum atomic E-state index is 0.382. The summed E-state index contributed by atoms with van der Waals surface area (Å²) in [4.78, 5) is 0. The van der Waals surface area contributed by atoms with Crippen molar-refractivity contribution in [3.8, 4) is 0 Å². The van der Waals surface area contributed by atoms with Gasteiger partial charge in [-0.2, -0.15) is 0 Å². The van der Waals surface area contributed by atoms with Crippen LogP contribution in [0.15, 0.2) is 0 Å². The van der Waals surface area contributed by atoms with E-state index in [1.165, 1.54) is 0 Å². The maximum Gasteiger partial charge on any atom is 0.0704 e. The molecule has 3 unspecified atom stereocenters. The first kappa shape index (κ1) is 9.01. The molecule has 0 bridgehead atoms. The van der Waals surface area contributed by atoms with Crippen LogP contribution in [0.5, 0.6) is 0 Å². The van der Waals surface area contributed by atoms with Crippen molar-refractivity contribution in [3.05, 3.63) is 0 Å². The third-order valence-electron chi connectivity index (χ3n) is 2.15. The largest absolute Gasteiger partial charge is 0.374 e. The lowest BCUT2D eigenvalue weighted by Crippen LogP contribution is -2.39. The van der Waals surface area contributed by atoms with Crippen LogP contribution in [0.25, 0.3) is 0 Å². The van der Waals surface area contributed by atoms with Crippen LogP contribution in [0, 0.1) is 0 Å². The van der Waals surface area contributed by atoms with Crippen LogP contribution in [-0.2, 0) is 4.74 Å². The van der Waals surface area contributed by atoms with E-state index >= 15 is 0 Å². The van der Waals surface area contributed by atoms with E-state index in [9.17, 15) is 0 Å². The van der Waals surface area contributed by atoms with Crippen LogP contribution >= 0.6 is 0 Å². The zero-order chi connectivity index (χ0) is 8.43. The van der Waals surface area contributed by atoms with Crippen molar-refractivity contribution in [1.29, 1.82) is 0 Å². The molecule has 11 heavy (non-hydrogen) atoms. The predicted octanol–water partition coefficient (Wildman–Crippen LogP) is 1.55. The van der Waals surface area contributed by atoms with Crippen LogP contribution in [0.2, 0.25) is 0 Å². The first-order chi connectivity index (χ1) is 5.09. The molecule has 1 aliphatic heterocycles. The van der Waals surface area contributed by atoms with Gasteiger partial charge in [0.1, 0.15) is 0 Å². The van der Waals surface area contributed by atoms with Crippen molar-refractivity contribution in [2.45, 2.75) is 58.4 Å². The Hall–Kier alpha value is -0.0800. The predicted molar refractivity (Wildman–Crippen MR) is 46.7 cm³/mol. The Labute approximate surface area is 69.3 Å². The molecule has 0 aromatic heterocycles. The van der Waals surface area contributed by atoms with Gasteiger partial charge in [0.2, 0.25) is 0 Å². The summed E-state index contributed by atoms with van der Waals surface area (Å²) in [5.74, 6) is 0. The fourth-order valence-corrected chi connectivity index (χ4v) is 1.70. The van der Waals surface area contributed by atoms with E-state index in [2.05, 4.69) is 33.0 Å². The van der Waals surface area contributed by atoms with Gasteiger partial charge in [-0.25, -0.2) is 0 Å². The Balaban J connectivity index is 2.34. The Morgan fingerprint density at radius 1 is 1.36 bits per heavy atom. The molecule has 1 aliphatic rings. The highest BCUT2D eigenvalue weighted by Crippen LogP contribution is 2.19. The lowest BCUT2D eigenvalue weighted by molar-refractivity contribution is 0.0599. The summed E-state index contributed by atoms with van der Waals surface area (Å²) in [6, 6.07) is 1.13. The molecule has 2 heteroatoms. The normalized spacial score (nSPS) is 38.5. The highest BCUT2D eigenvalue weighted by molar-refractivity contribution is 4.84. The van der Waals surface area contributed by atoms with Gasteiger partial charge in [0, 0.05) is 12.1 Å². The van der Waals surface area contributed by atoms with Crippen molar-refractivity contribution in [3.63, 3.8) is 0 Å². The average molecular weight is 157 g/mol. The Morgan fingerprint density at radius 3 is 2.36 bits per heavy atom. The highest BCUT2D eigenvalue weighted by atomic mass is 16.5. The maximum atomic E-state index is 5.61. The van der Waals surface area contributed by atoms with E-state index < -0.39 is 0 Å². The monoisotopic (exact) mass is 157 g/mol. The molecule has 0 amide bonds. The first-order valence-electron chi connectivity index (χ1n) is 4.51. The quantitative estimate of drug-likeness (QED) is 0.656. The van der Waals surface area contributed by atoms with Crippen molar-refractivity contribution in [2.75, 3.05) is 0 Å². The Bertz CT molecular complexity index is 125. The number of hydrogen-bond acceptors (Lipinski definition) is 2. The summed E-state index contributed by atoms with van der Waals surface area (Å²) in [6.07, 6.45) is 1.97. The molecule has 0 saturated carbocycles. The summed E-state index contributed by atoms with van der Waals surface area (Å²) in [5, 5.41) is 3.50. The van der Waals surface area contributed by atoms with Crippen molar-refractivity contribution >= 4 is 0 Å². The molecular weight excluding hydrogens is 138 g/mol. The van der Waals surface area contributed by atoms with Gasteiger partial charge in [-0.15, -0.1) is 0 Å². The molecule has 0 spiro atoms. The fraction of sp³-hybridized carbons (Fsp3) is 1.00. The third kappa shape index (κ3) is 2.46. The maximum absolute atomic E-state index is 5.61. The minimum absolute atomic E-state index is 0.382. The molecule has 0 aromatic rings. The van der Waals surface area contributed by atoms with Crippen LogP contribution in [-0.4, -0.2) is 24.3 Å². The lowest BCUT2D eigenvalue weighted by Gasteiger charge is -2.18. The zero-order valence-corrected chi connectivity index (χ0v) is 7.92. The number of hydrogen-bond donors (Lipinski definition) is 1. The van der Waals surface area contributed by atoms with Gasteiger partial charge >= 0.3 is 0 Å². The number of nitrogens with one attached hydrogen (secondary N) is 1. The van der Waals surface area contributed by atoms with Crippen LogP contribution in [0.1, 0.15) is 34.1 Å². The van der Waals surface area contributed by atoms with Gasteiger partial charge in [0.25, 0.3) is 0 Å². The van der Waals surface area contributed by atoms with E-state index in [1.54, 1.807) is 0 Å². The summed E-state index contributed by atoms with van der Waals surface area (Å²) in [7, 11) is 0. The first-order valence-corrected chi connectivity index (χ1v) is 4.51. The number of ether oxygens (including phenoxy) is 1. The molecule has 0 aromatic carbocycles. The van der Waals surface area contributed by atoms with E-state index in [0.29, 0.717) is 24.3 Å². The van der Waals surface area contributed by atoms with Crippen molar-refractivity contribution in [1.82, 2.24) is 5.32 Å². The minimum Gasteiger partial charge on any atom is -0.374 e. The molecular formula is C9H19NO. The van der Waals surface area contributed by atoms with Gasteiger partial charge in [-0.3, -0.25) is 0 Å². The lowest BCUT2D eigenvalue weighted by atomic mass is 10.1. The van der Waals surface area contributed by atoms with Crippen LogP contribution < -0.4 is 5.32 Å². The van der Waals surface area contributed by atoms with Crippen LogP contribution in [0.4, 0.5) is 0 Å². The molecule has 0 aliphatic carbocycles. The summed E-state index contributed by atoms with van der Waals surface area (Å²) >= 11 is 0. The Kier molecular flexibility index (Phi) is 2.90.